The molecule has 142 valence electrons. The molecule has 2 aromatic rings. The fourth-order valence-corrected chi connectivity index (χ4v) is 3.32. The van der Waals surface area contributed by atoms with Gasteiger partial charge in [0.05, 0.1) is 0 Å². The van der Waals surface area contributed by atoms with Crippen LogP contribution >= 0.6 is 0 Å². The largest absolute Gasteiger partial charge is 0.335 e. The van der Waals surface area contributed by atoms with Gasteiger partial charge in [0, 0.05) is 18.3 Å². The summed E-state index contributed by atoms with van der Waals surface area (Å²) in [6.07, 6.45) is 1.22. The van der Waals surface area contributed by atoms with Crippen LogP contribution in [0.5, 0.6) is 0 Å². The third kappa shape index (κ3) is 4.05. The van der Waals surface area contributed by atoms with Gasteiger partial charge in [0.15, 0.2) is 0 Å². The molecule has 0 radical (unpaired) electrons. The smallest absolute Gasteiger partial charge is 0.240 e. The molecule has 1 saturated carbocycles. The maximum absolute atomic E-state index is 13.3. The number of hydrogen-bond donors (Lipinski definition) is 1. The monoisotopic (exact) mass is 364 g/mol. The van der Waals surface area contributed by atoms with E-state index in [9.17, 15) is 9.59 Å². The van der Waals surface area contributed by atoms with E-state index in [4.69, 9.17) is 0 Å². The van der Waals surface area contributed by atoms with E-state index in [0.717, 1.165) is 22.4 Å². The molecular weight excluding hydrogens is 336 g/mol. The van der Waals surface area contributed by atoms with E-state index in [1.807, 2.05) is 81.1 Å². The van der Waals surface area contributed by atoms with Gasteiger partial charge in [0.2, 0.25) is 11.8 Å². The number of anilines is 1. The molecule has 27 heavy (non-hydrogen) atoms. The SMILES string of the molecule is Cc1ccc(C)c(NC(=O)C2(C(=O)N(Cc3ccccc3)C(C)C)CC2)c1. The van der Waals surface area contributed by atoms with Gasteiger partial charge in [-0.05, 0) is 63.3 Å². The lowest BCUT2D eigenvalue weighted by Gasteiger charge is -2.30. The molecule has 0 aliphatic heterocycles. The average molecular weight is 364 g/mol. The fraction of sp³-hybridized carbons (Fsp3) is 0.391. The molecule has 0 saturated heterocycles. The first-order chi connectivity index (χ1) is 12.8. The summed E-state index contributed by atoms with van der Waals surface area (Å²) in [6, 6.07) is 15.9. The highest BCUT2D eigenvalue weighted by Gasteiger charge is 2.58. The number of carbonyl (C=O) groups is 2. The van der Waals surface area contributed by atoms with E-state index < -0.39 is 5.41 Å². The van der Waals surface area contributed by atoms with E-state index >= 15 is 0 Å². The van der Waals surface area contributed by atoms with Gasteiger partial charge in [0.1, 0.15) is 5.41 Å². The number of carbonyl (C=O) groups excluding carboxylic acids is 2. The Balaban J connectivity index is 1.79. The van der Waals surface area contributed by atoms with Crippen LogP contribution in [-0.4, -0.2) is 22.8 Å². The molecule has 4 nitrogen and oxygen atoms in total. The summed E-state index contributed by atoms with van der Waals surface area (Å²) in [5, 5.41) is 3.01. The Hall–Kier alpha value is -2.62. The molecule has 3 rings (SSSR count). The van der Waals surface area contributed by atoms with Crippen molar-refractivity contribution < 1.29 is 9.59 Å². The Labute approximate surface area is 161 Å². The zero-order valence-electron chi connectivity index (χ0n) is 16.6. The Kier molecular flexibility index (Phi) is 5.36. The minimum atomic E-state index is -0.921. The topological polar surface area (TPSA) is 49.4 Å². The van der Waals surface area contributed by atoms with Crippen LogP contribution in [0.15, 0.2) is 48.5 Å². The molecule has 0 aromatic heterocycles. The lowest BCUT2D eigenvalue weighted by Crippen LogP contribution is -2.45. The molecule has 0 bridgehead atoms. The number of benzene rings is 2. The van der Waals surface area contributed by atoms with Gasteiger partial charge in [-0.25, -0.2) is 0 Å². The Morgan fingerprint density at radius 2 is 1.74 bits per heavy atom. The van der Waals surface area contributed by atoms with Crippen molar-refractivity contribution in [2.24, 2.45) is 5.41 Å². The summed E-state index contributed by atoms with van der Waals surface area (Å²) in [5.74, 6) is -0.246. The van der Waals surface area contributed by atoms with Gasteiger partial charge in [-0.2, -0.15) is 0 Å². The molecule has 4 heteroatoms. The first-order valence-corrected chi connectivity index (χ1v) is 9.57. The van der Waals surface area contributed by atoms with Crippen LogP contribution in [0.1, 0.15) is 43.4 Å². The summed E-state index contributed by atoms with van der Waals surface area (Å²) in [7, 11) is 0. The van der Waals surface area contributed by atoms with E-state index in [2.05, 4.69) is 5.32 Å². The van der Waals surface area contributed by atoms with Crippen molar-refractivity contribution >= 4 is 17.5 Å². The summed E-state index contributed by atoms with van der Waals surface area (Å²) in [5.41, 5.74) is 3.03. The average Bonchev–Trinajstić information content (AvgIpc) is 3.45. The second-order valence-corrected chi connectivity index (χ2v) is 7.87. The Bertz CT molecular complexity index is 839. The molecule has 2 amide bonds. The predicted octanol–water partition coefficient (Wildman–Crippen LogP) is 4.46. The second-order valence-electron chi connectivity index (χ2n) is 7.87. The van der Waals surface area contributed by atoms with E-state index in [1.165, 1.54) is 0 Å². The van der Waals surface area contributed by atoms with Crippen molar-refractivity contribution in [3.05, 3.63) is 65.2 Å². The standard InChI is InChI=1S/C23H28N2O2/c1-16(2)25(15-19-8-6-5-7-9-19)22(27)23(12-13-23)21(26)24-20-14-17(3)10-11-18(20)4/h5-11,14,16H,12-13,15H2,1-4H3,(H,24,26). The minimum absolute atomic E-state index is 0.0312. The summed E-state index contributed by atoms with van der Waals surface area (Å²) >= 11 is 0. The van der Waals surface area contributed by atoms with E-state index in [1.54, 1.807) is 0 Å². The van der Waals surface area contributed by atoms with E-state index in [-0.39, 0.29) is 17.9 Å². The quantitative estimate of drug-likeness (QED) is 0.770. The van der Waals surface area contributed by atoms with Crippen molar-refractivity contribution in [1.29, 1.82) is 0 Å². The van der Waals surface area contributed by atoms with Crippen LogP contribution in [0.2, 0.25) is 0 Å². The number of hydrogen-bond acceptors (Lipinski definition) is 2. The van der Waals surface area contributed by atoms with Gasteiger partial charge in [-0.3, -0.25) is 9.59 Å². The van der Waals surface area contributed by atoms with Crippen LogP contribution in [0.3, 0.4) is 0 Å². The van der Waals surface area contributed by atoms with Crippen LogP contribution in [0, 0.1) is 19.3 Å². The van der Waals surface area contributed by atoms with E-state index in [0.29, 0.717) is 19.4 Å². The van der Waals surface area contributed by atoms with Gasteiger partial charge in [-0.1, -0.05) is 42.5 Å². The summed E-state index contributed by atoms with van der Waals surface area (Å²) in [6.45, 7) is 8.48. The number of amides is 2. The lowest BCUT2D eigenvalue weighted by atomic mass is 10.0. The molecule has 1 N–H and O–H groups in total. The molecule has 1 fully saturated rings. The number of rotatable bonds is 6. The van der Waals surface area contributed by atoms with Crippen molar-refractivity contribution in [3.8, 4) is 0 Å². The van der Waals surface area contributed by atoms with Crippen molar-refractivity contribution in [3.63, 3.8) is 0 Å². The van der Waals surface area contributed by atoms with Gasteiger partial charge < -0.3 is 10.2 Å². The van der Waals surface area contributed by atoms with Gasteiger partial charge in [-0.15, -0.1) is 0 Å². The normalized spacial score (nSPS) is 14.7. The van der Waals surface area contributed by atoms with Crippen molar-refractivity contribution in [2.75, 3.05) is 5.32 Å². The second kappa shape index (κ2) is 7.55. The third-order valence-electron chi connectivity index (χ3n) is 5.32. The first-order valence-electron chi connectivity index (χ1n) is 9.57. The zero-order chi connectivity index (χ0) is 19.6. The lowest BCUT2D eigenvalue weighted by molar-refractivity contribution is -0.144. The Morgan fingerprint density at radius 1 is 1.07 bits per heavy atom. The molecular formula is C23H28N2O2. The zero-order valence-corrected chi connectivity index (χ0v) is 16.6. The minimum Gasteiger partial charge on any atom is -0.335 e. The van der Waals surface area contributed by atoms with Crippen LogP contribution in [0.4, 0.5) is 5.69 Å². The van der Waals surface area contributed by atoms with Gasteiger partial charge in [0.25, 0.3) is 0 Å². The Morgan fingerprint density at radius 3 is 2.33 bits per heavy atom. The fourth-order valence-electron chi connectivity index (χ4n) is 3.32. The van der Waals surface area contributed by atoms with Crippen molar-refractivity contribution in [1.82, 2.24) is 4.90 Å². The molecule has 0 heterocycles. The van der Waals surface area contributed by atoms with Gasteiger partial charge >= 0.3 is 0 Å². The number of nitrogens with one attached hydrogen (secondary N) is 1. The maximum Gasteiger partial charge on any atom is 0.240 e. The van der Waals surface area contributed by atoms with Crippen molar-refractivity contribution in [2.45, 2.75) is 53.1 Å². The highest BCUT2D eigenvalue weighted by Crippen LogP contribution is 2.48. The molecule has 0 unspecified atom stereocenters. The molecule has 1 aliphatic carbocycles. The highest BCUT2D eigenvalue weighted by atomic mass is 16.2. The van der Waals surface area contributed by atoms with Crippen LogP contribution < -0.4 is 5.32 Å². The first kappa shape index (κ1) is 19.2. The van der Waals surface area contributed by atoms with Crippen LogP contribution in [-0.2, 0) is 16.1 Å². The molecule has 0 spiro atoms. The molecule has 0 atom stereocenters. The number of aryl methyl sites for hydroxylation is 2. The third-order valence-corrected chi connectivity index (χ3v) is 5.32. The predicted molar refractivity (Wildman–Crippen MR) is 108 cm³/mol. The summed E-state index contributed by atoms with van der Waals surface area (Å²) in [4.78, 5) is 28.2. The highest BCUT2D eigenvalue weighted by molar-refractivity contribution is 6.13. The maximum atomic E-state index is 13.3. The molecule has 1 aliphatic rings. The summed E-state index contributed by atoms with van der Waals surface area (Å²) < 4.78 is 0. The van der Waals surface area contributed by atoms with Crippen LogP contribution in [0.25, 0.3) is 0 Å². The molecule has 2 aromatic carbocycles. The number of nitrogens with zero attached hydrogens (tertiary/aromatic N) is 1.